The number of nitrogens with zero attached hydrogens (tertiary/aromatic N) is 2. The van der Waals surface area contributed by atoms with Crippen LogP contribution in [0.25, 0.3) is 11.0 Å². The zero-order chi connectivity index (χ0) is 17.6. The van der Waals surface area contributed by atoms with Crippen molar-refractivity contribution in [2.45, 2.75) is 12.5 Å². The van der Waals surface area contributed by atoms with E-state index in [0.29, 0.717) is 11.5 Å². The van der Waals surface area contributed by atoms with E-state index >= 15 is 0 Å². The number of hydrogen-bond donors (Lipinski definition) is 2. The van der Waals surface area contributed by atoms with Crippen LogP contribution in [0.15, 0.2) is 42.5 Å². The summed E-state index contributed by atoms with van der Waals surface area (Å²) in [7, 11) is 0. The van der Waals surface area contributed by atoms with E-state index < -0.39 is 23.6 Å². The van der Waals surface area contributed by atoms with Crippen LogP contribution in [0.3, 0.4) is 0 Å². The second-order valence-corrected chi connectivity index (χ2v) is 5.68. The summed E-state index contributed by atoms with van der Waals surface area (Å²) in [5.41, 5.74) is 1.57. The summed E-state index contributed by atoms with van der Waals surface area (Å²) in [5, 5.41) is 5.12. The summed E-state index contributed by atoms with van der Waals surface area (Å²) in [5.74, 6) is -2.50. The number of hydrogen-bond acceptors (Lipinski definition) is 3. The molecule has 2 N–H and O–H groups in total. The lowest BCUT2D eigenvalue weighted by Crippen LogP contribution is -2.23. The Hall–Kier alpha value is -3.29. The summed E-state index contributed by atoms with van der Waals surface area (Å²) in [4.78, 5) is 28.7. The number of imidazole rings is 1. The van der Waals surface area contributed by atoms with Gasteiger partial charge in [-0.15, -0.1) is 0 Å². The highest BCUT2D eigenvalue weighted by Crippen LogP contribution is 2.32. The molecule has 2 aromatic carbocycles. The monoisotopic (exact) mass is 342 g/mol. The standard InChI is InChI=1S/C17H12F2N4O2/c18-10-6-5-9(7-11(10)19)20-15(24)8-14-16(25)22-17-21-12-3-1-2-4-13(12)23(14)17/h1-7,14H,8H2,(H,20,24)(H,21,22,25). The Labute approximate surface area is 140 Å². The van der Waals surface area contributed by atoms with Crippen molar-refractivity contribution in [1.82, 2.24) is 9.55 Å². The van der Waals surface area contributed by atoms with Crippen LogP contribution in [-0.2, 0) is 9.59 Å². The number of aromatic nitrogens is 2. The van der Waals surface area contributed by atoms with Gasteiger partial charge in [0.1, 0.15) is 6.04 Å². The molecule has 8 heteroatoms. The number of nitrogens with one attached hydrogen (secondary N) is 2. The predicted molar refractivity (Wildman–Crippen MR) is 87.0 cm³/mol. The zero-order valence-electron chi connectivity index (χ0n) is 12.8. The van der Waals surface area contributed by atoms with E-state index in [9.17, 15) is 18.4 Å². The van der Waals surface area contributed by atoms with E-state index in [2.05, 4.69) is 15.6 Å². The van der Waals surface area contributed by atoms with E-state index in [1.807, 2.05) is 24.3 Å². The Balaban J connectivity index is 1.57. The minimum absolute atomic E-state index is 0.123. The van der Waals surface area contributed by atoms with E-state index in [-0.39, 0.29) is 18.0 Å². The molecule has 1 unspecified atom stereocenters. The Morgan fingerprint density at radius 1 is 1.20 bits per heavy atom. The normalized spacial score (nSPS) is 15.9. The SMILES string of the molecule is O=C(CC1C(=O)Nc2nc3ccccc3n21)Nc1ccc(F)c(F)c1. The number of carbonyl (C=O) groups excluding carboxylic acids is 2. The van der Waals surface area contributed by atoms with Crippen molar-refractivity contribution < 1.29 is 18.4 Å². The Kier molecular flexibility index (Phi) is 3.45. The van der Waals surface area contributed by atoms with Gasteiger partial charge in [0, 0.05) is 11.8 Å². The van der Waals surface area contributed by atoms with E-state index in [1.54, 1.807) is 4.57 Å². The molecule has 2 heterocycles. The van der Waals surface area contributed by atoms with Crippen molar-refractivity contribution in [3.63, 3.8) is 0 Å². The second-order valence-electron chi connectivity index (χ2n) is 5.68. The molecule has 3 aromatic rings. The molecule has 0 aliphatic carbocycles. The summed E-state index contributed by atoms with van der Waals surface area (Å²) >= 11 is 0. The third-order valence-corrected chi connectivity index (χ3v) is 4.03. The topological polar surface area (TPSA) is 76.0 Å². The first-order valence-corrected chi connectivity index (χ1v) is 7.55. The predicted octanol–water partition coefficient (Wildman–Crippen LogP) is 2.84. The minimum atomic E-state index is -1.06. The summed E-state index contributed by atoms with van der Waals surface area (Å²) in [6.07, 6.45) is -0.155. The average Bonchev–Trinajstić information content (AvgIpc) is 3.07. The lowest BCUT2D eigenvalue weighted by atomic mass is 10.1. The highest BCUT2D eigenvalue weighted by molar-refractivity contribution is 6.03. The molecule has 0 saturated heterocycles. The van der Waals surface area contributed by atoms with E-state index in [4.69, 9.17) is 0 Å². The number of fused-ring (bicyclic) bond motifs is 3. The van der Waals surface area contributed by atoms with Crippen LogP contribution in [0.2, 0.25) is 0 Å². The van der Waals surface area contributed by atoms with Gasteiger partial charge in [0.25, 0.3) is 0 Å². The fourth-order valence-corrected chi connectivity index (χ4v) is 2.90. The molecular weight excluding hydrogens is 330 g/mol. The van der Waals surface area contributed by atoms with Gasteiger partial charge in [0.15, 0.2) is 11.6 Å². The third-order valence-electron chi connectivity index (χ3n) is 4.03. The lowest BCUT2D eigenvalue weighted by molar-refractivity contribution is -0.123. The number of amides is 2. The maximum atomic E-state index is 13.2. The Bertz CT molecular complexity index is 1020. The third kappa shape index (κ3) is 2.61. The van der Waals surface area contributed by atoms with Crippen LogP contribution in [0.1, 0.15) is 12.5 Å². The molecule has 4 rings (SSSR count). The Morgan fingerprint density at radius 3 is 2.80 bits per heavy atom. The average molecular weight is 342 g/mol. The molecule has 25 heavy (non-hydrogen) atoms. The van der Waals surface area contributed by atoms with Gasteiger partial charge >= 0.3 is 0 Å². The first-order valence-electron chi connectivity index (χ1n) is 7.55. The molecule has 6 nitrogen and oxygen atoms in total. The van der Waals surface area contributed by atoms with Gasteiger partial charge in [-0.3, -0.25) is 19.5 Å². The first kappa shape index (κ1) is 15.3. The number of para-hydroxylation sites is 2. The van der Waals surface area contributed by atoms with Crippen molar-refractivity contribution in [1.29, 1.82) is 0 Å². The van der Waals surface area contributed by atoms with Crippen molar-refractivity contribution in [2.75, 3.05) is 10.6 Å². The molecule has 1 aromatic heterocycles. The van der Waals surface area contributed by atoms with Crippen molar-refractivity contribution in [2.24, 2.45) is 0 Å². The molecular formula is C17H12F2N4O2. The molecule has 0 fully saturated rings. The van der Waals surface area contributed by atoms with E-state index in [1.165, 1.54) is 6.07 Å². The molecule has 1 atom stereocenters. The van der Waals surface area contributed by atoms with Crippen molar-refractivity contribution in [3.8, 4) is 0 Å². The van der Waals surface area contributed by atoms with Gasteiger partial charge in [0.2, 0.25) is 17.8 Å². The number of carbonyl (C=O) groups is 2. The zero-order valence-corrected chi connectivity index (χ0v) is 12.8. The van der Waals surface area contributed by atoms with Gasteiger partial charge < -0.3 is 5.32 Å². The quantitative estimate of drug-likeness (QED) is 0.768. The highest BCUT2D eigenvalue weighted by Gasteiger charge is 2.34. The largest absolute Gasteiger partial charge is 0.326 e. The van der Waals surface area contributed by atoms with Gasteiger partial charge in [-0.2, -0.15) is 0 Å². The van der Waals surface area contributed by atoms with Crippen LogP contribution < -0.4 is 10.6 Å². The molecule has 0 bridgehead atoms. The van der Waals surface area contributed by atoms with Gasteiger partial charge in [-0.05, 0) is 24.3 Å². The minimum Gasteiger partial charge on any atom is -0.326 e. The fourth-order valence-electron chi connectivity index (χ4n) is 2.90. The van der Waals surface area contributed by atoms with Crippen molar-refractivity contribution >= 4 is 34.5 Å². The van der Waals surface area contributed by atoms with Gasteiger partial charge in [0.05, 0.1) is 17.5 Å². The number of anilines is 2. The van der Waals surface area contributed by atoms with Gasteiger partial charge in [-0.1, -0.05) is 12.1 Å². The molecule has 1 aliphatic heterocycles. The summed E-state index contributed by atoms with van der Waals surface area (Å²) in [6, 6.07) is 9.58. The number of rotatable bonds is 3. The molecule has 2 amide bonds. The molecule has 1 aliphatic rings. The molecule has 0 saturated carbocycles. The van der Waals surface area contributed by atoms with Crippen LogP contribution in [-0.4, -0.2) is 21.4 Å². The molecule has 126 valence electrons. The van der Waals surface area contributed by atoms with Crippen LogP contribution in [0, 0.1) is 11.6 Å². The summed E-state index contributed by atoms with van der Waals surface area (Å²) < 4.78 is 27.8. The molecule has 0 radical (unpaired) electrons. The smallest absolute Gasteiger partial charge is 0.250 e. The second kappa shape index (κ2) is 5.66. The lowest BCUT2D eigenvalue weighted by Gasteiger charge is -2.12. The first-order chi connectivity index (χ1) is 12.0. The van der Waals surface area contributed by atoms with Crippen LogP contribution in [0.5, 0.6) is 0 Å². The maximum absolute atomic E-state index is 13.2. The van der Waals surface area contributed by atoms with Crippen LogP contribution >= 0.6 is 0 Å². The number of halogens is 2. The van der Waals surface area contributed by atoms with E-state index in [0.717, 1.165) is 17.6 Å². The number of benzene rings is 2. The highest BCUT2D eigenvalue weighted by atomic mass is 19.2. The van der Waals surface area contributed by atoms with Crippen LogP contribution in [0.4, 0.5) is 20.4 Å². The van der Waals surface area contributed by atoms with Gasteiger partial charge in [-0.25, -0.2) is 13.8 Å². The Morgan fingerprint density at radius 2 is 2.00 bits per heavy atom. The summed E-state index contributed by atoms with van der Waals surface area (Å²) in [6.45, 7) is 0. The maximum Gasteiger partial charge on any atom is 0.250 e. The van der Waals surface area contributed by atoms with Crippen molar-refractivity contribution in [3.05, 3.63) is 54.1 Å². The molecule has 0 spiro atoms. The fraction of sp³-hybridized carbons (Fsp3) is 0.118.